The Morgan fingerprint density at radius 2 is 1.94 bits per heavy atom. The third-order valence-electron chi connectivity index (χ3n) is 2.96. The second kappa shape index (κ2) is 5.08. The molecule has 96 valence electrons. The minimum atomic E-state index is -3.40. The van der Waals surface area contributed by atoms with Crippen molar-refractivity contribution in [3.63, 3.8) is 0 Å². The Morgan fingerprint density at radius 3 is 2.41 bits per heavy atom. The lowest BCUT2D eigenvalue weighted by atomic mass is 10.0. The molecule has 0 saturated heterocycles. The highest BCUT2D eigenvalue weighted by Crippen LogP contribution is 2.39. The number of aliphatic hydroxyl groups excluding tert-OH is 1. The molecule has 0 aromatic heterocycles. The molecule has 0 unspecified atom stereocenters. The van der Waals surface area contributed by atoms with Crippen LogP contribution in [0.1, 0.15) is 31.1 Å². The van der Waals surface area contributed by atoms with Gasteiger partial charge >= 0.3 is 0 Å². The number of benzene rings is 1. The number of alkyl halides is 1. The smallest absolute Gasteiger partial charge is 0.168 e. The fourth-order valence-electron chi connectivity index (χ4n) is 1.62. The Morgan fingerprint density at radius 1 is 1.41 bits per heavy atom. The standard InChI is InChI=1S/C12H17BrO3S/c1-4-17(15,16)12(3,13)11(14)10-8-6-5-7-9(10)2/h5-8,11,14H,4H2,1-3H3/t11-,12+/m1/s1. The molecule has 5 heteroatoms. The quantitative estimate of drug-likeness (QED) is 0.867. The van der Waals surface area contributed by atoms with Gasteiger partial charge in [0.1, 0.15) is 6.10 Å². The number of aryl methyl sites for hydroxylation is 1. The summed E-state index contributed by atoms with van der Waals surface area (Å²) in [4.78, 5) is 0. The van der Waals surface area contributed by atoms with E-state index >= 15 is 0 Å². The van der Waals surface area contributed by atoms with Gasteiger partial charge in [0, 0.05) is 5.75 Å². The Kier molecular flexibility index (Phi) is 4.38. The summed E-state index contributed by atoms with van der Waals surface area (Å²) in [6.07, 6.45) is -1.09. The van der Waals surface area contributed by atoms with Crippen molar-refractivity contribution in [3.05, 3.63) is 35.4 Å². The van der Waals surface area contributed by atoms with Gasteiger partial charge in [0.25, 0.3) is 0 Å². The number of halogens is 1. The van der Waals surface area contributed by atoms with Crippen molar-refractivity contribution in [1.29, 1.82) is 0 Å². The number of aliphatic hydroxyl groups is 1. The molecule has 3 nitrogen and oxygen atoms in total. The Balaban J connectivity index is 3.23. The van der Waals surface area contributed by atoms with Crippen LogP contribution in [0, 0.1) is 6.92 Å². The van der Waals surface area contributed by atoms with Gasteiger partial charge in [-0.15, -0.1) is 0 Å². The van der Waals surface area contributed by atoms with Gasteiger partial charge in [-0.2, -0.15) is 0 Å². The van der Waals surface area contributed by atoms with Crippen molar-refractivity contribution in [1.82, 2.24) is 0 Å². The van der Waals surface area contributed by atoms with E-state index in [0.717, 1.165) is 5.56 Å². The monoisotopic (exact) mass is 320 g/mol. The van der Waals surface area contributed by atoms with Crippen molar-refractivity contribution in [3.8, 4) is 0 Å². The van der Waals surface area contributed by atoms with Gasteiger partial charge < -0.3 is 5.11 Å². The largest absolute Gasteiger partial charge is 0.386 e. The lowest BCUT2D eigenvalue weighted by molar-refractivity contribution is 0.167. The van der Waals surface area contributed by atoms with Crippen LogP contribution in [0.5, 0.6) is 0 Å². The molecule has 0 spiro atoms. The van der Waals surface area contributed by atoms with Gasteiger partial charge in [0.05, 0.1) is 0 Å². The van der Waals surface area contributed by atoms with Crippen LogP contribution in [0.15, 0.2) is 24.3 Å². The van der Waals surface area contributed by atoms with Gasteiger partial charge in [0.2, 0.25) is 0 Å². The van der Waals surface area contributed by atoms with Crippen LogP contribution >= 0.6 is 15.9 Å². The van der Waals surface area contributed by atoms with Crippen LogP contribution < -0.4 is 0 Å². The van der Waals surface area contributed by atoms with Crippen molar-refractivity contribution >= 4 is 25.8 Å². The first-order chi connectivity index (χ1) is 7.74. The fraction of sp³-hybridized carbons (Fsp3) is 0.500. The molecule has 0 fully saturated rings. The predicted molar refractivity (Wildman–Crippen MR) is 72.9 cm³/mol. The topological polar surface area (TPSA) is 54.4 Å². The molecule has 0 saturated carbocycles. The molecule has 1 aromatic rings. The summed E-state index contributed by atoms with van der Waals surface area (Å²) in [5, 5.41) is 10.3. The molecule has 0 aliphatic heterocycles. The third-order valence-corrected chi connectivity index (χ3v) is 7.07. The summed E-state index contributed by atoms with van der Waals surface area (Å²) in [5.41, 5.74) is 1.50. The molecule has 17 heavy (non-hydrogen) atoms. The zero-order valence-electron chi connectivity index (χ0n) is 10.1. The average Bonchev–Trinajstić information content (AvgIpc) is 2.28. The van der Waals surface area contributed by atoms with Gasteiger partial charge in [-0.3, -0.25) is 0 Å². The van der Waals surface area contributed by atoms with E-state index in [-0.39, 0.29) is 5.75 Å². The number of rotatable bonds is 4. The molecule has 1 aromatic carbocycles. The summed E-state index contributed by atoms with van der Waals surface area (Å²) in [7, 11) is -3.40. The first kappa shape index (κ1) is 14.7. The number of hydrogen-bond donors (Lipinski definition) is 1. The van der Waals surface area contributed by atoms with Gasteiger partial charge in [-0.25, -0.2) is 8.42 Å². The zero-order chi connectivity index (χ0) is 13.3. The lowest BCUT2D eigenvalue weighted by Crippen LogP contribution is -2.37. The van der Waals surface area contributed by atoms with E-state index in [1.54, 1.807) is 19.1 Å². The van der Waals surface area contributed by atoms with Crippen LogP contribution in [0.4, 0.5) is 0 Å². The van der Waals surface area contributed by atoms with Crippen LogP contribution in [-0.2, 0) is 9.84 Å². The average molecular weight is 321 g/mol. The molecule has 0 heterocycles. The molecule has 1 rings (SSSR count). The molecular weight excluding hydrogens is 304 g/mol. The van der Waals surface area contributed by atoms with Crippen LogP contribution in [0.2, 0.25) is 0 Å². The van der Waals surface area contributed by atoms with Crippen molar-refractivity contribution in [2.75, 3.05) is 5.75 Å². The molecule has 0 amide bonds. The normalized spacial score (nSPS) is 17.5. The van der Waals surface area contributed by atoms with E-state index in [1.165, 1.54) is 6.92 Å². The van der Waals surface area contributed by atoms with Crippen LogP contribution in [-0.4, -0.2) is 22.9 Å². The zero-order valence-corrected chi connectivity index (χ0v) is 12.5. The molecule has 0 aliphatic carbocycles. The summed E-state index contributed by atoms with van der Waals surface area (Å²) in [5.74, 6) is -0.0162. The van der Waals surface area contributed by atoms with Crippen LogP contribution in [0.3, 0.4) is 0 Å². The SMILES string of the molecule is CCS(=O)(=O)[C@](C)(Br)[C@H](O)c1ccccc1C. The molecule has 2 atom stereocenters. The first-order valence-corrected chi connectivity index (χ1v) is 7.83. The maximum Gasteiger partial charge on any atom is 0.168 e. The molecule has 0 aliphatic rings. The highest BCUT2D eigenvalue weighted by atomic mass is 79.9. The molecule has 0 bridgehead atoms. The molecule has 1 N–H and O–H groups in total. The minimum absolute atomic E-state index is 0.0162. The highest BCUT2D eigenvalue weighted by molar-refractivity contribution is 9.11. The van der Waals surface area contributed by atoms with Gasteiger partial charge in [0.15, 0.2) is 13.5 Å². The van der Waals surface area contributed by atoms with Crippen molar-refractivity contribution in [2.24, 2.45) is 0 Å². The number of hydrogen-bond acceptors (Lipinski definition) is 3. The van der Waals surface area contributed by atoms with Crippen molar-refractivity contribution in [2.45, 2.75) is 30.5 Å². The summed E-state index contributed by atoms with van der Waals surface area (Å²) in [6.45, 7) is 4.91. The molecule has 0 radical (unpaired) electrons. The van der Waals surface area contributed by atoms with E-state index in [1.807, 2.05) is 19.1 Å². The summed E-state index contributed by atoms with van der Waals surface area (Å²) >= 11 is 3.16. The summed E-state index contributed by atoms with van der Waals surface area (Å²) < 4.78 is 22.5. The number of sulfone groups is 1. The molecular formula is C12H17BrO3S. The van der Waals surface area contributed by atoms with Crippen LogP contribution in [0.25, 0.3) is 0 Å². The summed E-state index contributed by atoms with van der Waals surface area (Å²) in [6, 6.07) is 7.23. The van der Waals surface area contributed by atoms with Gasteiger partial charge in [-0.1, -0.05) is 47.1 Å². The highest BCUT2D eigenvalue weighted by Gasteiger charge is 2.43. The minimum Gasteiger partial charge on any atom is -0.386 e. The Hall–Kier alpha value is -0.390. The predicted octanol–water partition coefficient (Wildman–Crippen LogP) is 2.57. The second-order valence-electron chi connectivity index (χ2n) is 4.15. The maximum atomic E-state index is 11.9. The lowest BCUT2D eigenvalue weighted by Gasteiger charge is -2.29. The Labute approximate surface area is 111 Å². The maximum absolute atomic E-state index is 11.9. The van der Waals surface area contributed by atoms with E-state index in [0.29, 0.717) is 5.56 Å². The van der Waals surface area contributed by atoms with E-state index in [2.05, 4.69) is 15.9 Å². The third kappa shape index (κ3) is 2.72. The Bertz CT molecular complexity index is 494. The van der Waals surface area contributed by atoms with Gasteiger partial charge in [-0.05, 0) is 25.0 Å². The fourth-order valence-corrected chi connectivity index (χ4v) is 3.59. The first-order valence-electron chi connectivity index (χ1n) is 5.39. The second-order valence-corrected chi connectivity index (χ2v) is 8.98. The van der Waals surface area contributed by atoms with E-state index < -0.39 is 19.6 Å². The van der Waals surface area contributed by atoms with Crippen molar-refractivity contribution < 1.29 is 13.5 Å². The van der Waals surface area contributed by atoms with E-state index in [9.17, 15) is 13.5 Å². The van der Waals surface area contributed by atoms with E-state index in [4.69, 9.17) is 0 Å².